The molecule has 1 aromatic carbocycles. The van der Waals surface area contributed by atoms with Gasteiger partial charge in [-0.2, -0.15) is 0 Å². The first kappa shape index (κ1) is 14.6. The Morgan fingerprint density at radius 2 is 1.94 bits per heavy atom. The van der Waals surface area contributed by atoms with Crippen LogP contribution in [-0.2, 0) is 0 Å². The van der Waals surface area contributed by atoms with Crippen LogP contribution in [0.15, 0.2) is 30.5 Å². The zero-order chi connectivity index (χ0) is 12.6. The molecule has 18 heavy (non-hydrogen) atoms. The zero-order valence-electron chi connectivity index (χ0n) is 9.64. The minimum atomic E-state index is -2.65. The van der Waals surface area contributed by atoms with Gasteiger partial charge in [-0.25, -0.2) is 8.78 Å². The van der Waals surface area contributed by atoms with Crippen molar-refractivity contribution >= 4 is 29.2 Å². The molecule has 6 heteroatoms. The number of carbonyl (C=O) groups is 1. The summed E-state index contributed by atoms with van der Waals surface area (Å²) in [5, 5.41) is 0.593. The largest absolute Gasteiger partial charge is 0.319 e. The van der Waals surface area contributed by atoms with Crippen molar-refractivity contribution in [2.75, 3.05) is 0 Å². The van der Waals surface area contributed by atoms with Gasteiger partial charge in [-0.3, -0.25) is 9.36 Å². The van der Waals surface area contributed by atoms with Gasteiger partial charge in [-0.15, -0.1) is 12.4 Å². The summed E-state index contributed by atoms with van der Waals surface area (Å²) in [5.74, 6) is -0.228. The second-order valence-electron chi connectivity index (χ2n) is 3.85. The summed E-state index contributed by atoms with van der Waals surface area (Å²) < 4.78 is 26.6. The second-order valence-corrected chi connectivity index (χ2v) is 3.85. The maximum absolute atomic E-state index is 12.6. The average Bonchev–Trinajstić information content (AvgIpc) is 2.67. The first-order chi connectivity index (χ1) is 8.02. The number of carbonyl (C=O) groups excluding carboxylic acids is 1. The van der Waals surface area contributed by atoms with Crippen LogP contribution in [0.25, 0.3) is 10.9 Å². The molecule has 0 radical (unpaired) electrons. The number of hydrogen-bond donors (Lipinski definition) is 1. The van der Waals surface area contributed by atoms with Crippen molar-refractivity contribution in [2.45, 2.75) is 19.4 Å². The van der Waals surface area contributed by atoms with Crippen LogP contribution in [0.5, 0.6) is 0 Å². The molecule has 0 bridgehead atoms. The fourth-order valence-electron chi connectivity index (χ4n) is 1.87. The summed E-state index contributed by atoms with van der Waals surface area (Å²) in [5.41, 5.74) is 6.34. The van der Waals surface area contributed by atoms with E-state index in [4.69, 9.17) is 5.73 Å². The molecule has 0 aliphatic heterocycles. The molecule has 2 rings (SSSR count). The third kappa shape index (κ3) is 2.37. The summed E-state index contributed by atoms with van der Waals surface area (Å²) in [6, 6.07) is 5.50. The van der Waals surface area contributed by atoms with Gasteiger partial charge in [-0.05, 0) is 6.07 Å². The molecule has 3 nitrogen and oxygen atoms in total. The summed E-state index contributed by atoms with van der Waals surface area (Å²) >= 11 is 0. The number of halogens is 3. The second kappa shape index (κ2) is 5.46. The van der Waals surface area contributed by atoms with E-state index in [1.54, 1.807) is 24.3 Å². The molecule has 0 aliphatic rings. The summed E-state index contributed by atoms with van der Waals surface area (Å²) in [7, 11) is 0. The molecule has 0 spiro atoms. The molecule has 2 N–H and O–H groups in total. The Hall–Kier alpha value is -1.46. The monoisotopic (exact) mass is 274 g/mol. The SMILES string of the molecule is CC(=O)n1cc([C@@H](N)C(F)F)c2ccccc21.Cl. The highest BCUT2D eigenvalue weighted by Crippen LogP contribution is 2.28. The lowest BCUT2D eigenvalue weighted by Crippen LogP contribution is -2.18. The molecule has 2 aromatic rings. The fourth-order valence-corrected chi connectivity index (χ4v) is 1.87. The van der Waals surface area contributed by atoms with Crippen molar-refractivity contribution in [3.8, 4) is 0 Å². The number of alkyl halides is 2. The normalized spacial score (nSPS) is 12.5. The van der Waals surface area contributed by atoms with Crippen LogP contribution in [-0.4, -0.2) is 16.9 Å². The van der Waals surface area contributed by atoms with Crippen LogP contribution in [0.2, 0.25) is 0 Å². The number of nitrogens with zero attached hydrogens (tertiary/aromatic N) is 1. The molecule has 98 valence electrons. The van der Waals surface area contributed by atoms with Crippen LogP contribution in [0, 0.1) is 0 Å². The quantitative estimate of drug-likeness (QED) is 0.915. The van der Waals surface area contributed by atoms with Gasteiger partial charge < -0.3 is 5.73 Å². The van der Waals surface area contributed by atoms with Gasteiger partial charge in [0.1, 0.15) is 0 Å². The van der Waals surface area contributed by atoms with Gasteiger partial charge in [0.2, 0.25) is 5.91 Å². The number of aromatic nitrogens is 1. The molecule has 0 unspecified atom stereocenters. The number of nitrogens with two attached hydrogens (primary N) is 1. The van der Waals surface area contributed by atoms with Crippen LogP contribution >= 0.6 is 12.4 Å². The molecule has 0 saturated heterocycles. The lowest BCUT2D eigenvalue weighted by atomic mass is 10.1. The highest BCUT2D eigenvalue weighted by atomic mass is 35.5. The number of fused-ring (bicyclic) bond motifs is 1. The van der Waals surface area contributed by atoms with Gasteiger partial charge in [0.05, 0.1) is 11.6 Å². The van der Waals surface area contributed by atoms with Crippen molar-refractivity contribution in [3.63, 3.8) is 0 Å². The predicted octanol–water partition coefficient (Wildman–Crippen LogP) is 2.99. The Balaban J connectivity index is 0.00000162. The van der Waals surface area contributed by atoms with E-state index < -0.39 is 12.5 Å². The Bertz CT molecular complexity index is 568. The Morgan fingerprint density at radius 1 is 1.33 bits per heavy atom. The van der Waals surface area contributed by atoms with E-state index >= 15 is 0 Å². The summed E-state index contributed by atoms with van der Waals surface area (Å²) in [6.45, 7) is 1.38. The van der Waals surface area contributed by atoms with Crippen LogP contribution in [0.3, 0.4) is 0 Å². The van der Waals surface area contributed by atoms with E-state index in [0.29, 0.717) is 16.5 Å². The third-order valence-electron chi connectivity index (χ3n) is 2.71. The van der Waals surface area contributed by atoms with Crippen molar-refractivity contribution in [2.24, 2.45) is 5.73 Å². The minimum Gasteiger partial charge on any atom is -0.319 e. The van der Waals surface area contributed by atoms with E-state index in [9.17, 15) is 13.6 Å². The van der Waals surface area contributed by atoms with E-state index in [-0.39, 0.29) is 18.3 Å². The number of benzene rings is 1. The first-order valence-corrected chi connectivity index (χ1v) is 5.17. The van der Waals surface area contributed by atoms with Crippen LogP contribution in [0.1, 0.15) is 23.3 Å². The van der Waals surface area contributed by atoms with Crippen molar-refractivity contribution < 1.29 is 13.6 Å². The number of hydrogen-bond acceptors (Lipinski definition) is 2. The van der Waals surface area contributed by atoms with Crippen molar-refractivity contribution in [3.05, 3.63) is 36.0 Å². The topological polar surface area (TPSA) is 48.0 Å². The van der Waals surface area contributed by atoms with Gasteiger partial charge in [0, 0.05) is 24.1 Å². The Kier molecular flexibility index (Phi) is 4.43. The number of rotatable bonds is 2. The Morgan fingerprint density at radius 3 is 2.50 bits per heavy atom. The van der Waals surface area contributed by atoms with Gasteiger partial charge in [-0.1, -0.05) is 18.2 Å². The summed E-state index contributed by atoms with van der Waals surface area (Å²) in [4.78, 5) is 11.4. The molecule has 0 aliphatic carbocycles. The first-order valence-electron chi connectivity index (χ1n) is 5.17. The maximum Gasteiger partial charge on any atom is 0.257 e. The molecular formula is C12H13ClF2N2O. The van der Waals surface area contributed by atoms with Crippen LogP contribution in [0.4, 0.5) is 8.78 Å². The molecular weight excluding hydrogens is 262 g/mol. The van der Waals surface area contributed by atoms with Crippen molar-refractivity contribution in [1.82, 2.24) is 4.57 Å². The van der Waals surface area contributed by atoms with Gasteiger partial charge in [0.15, 0.2) is 0 Å². The highest BCUT2D eigenvalue weighted by Gasteiger charge is 2.22. The maximum atomic E-state index is 12.6. The number of para-hydroxylation sites is 1. The van der Waals surface area contributed by atoms with E-state index in [2.05, 4.69) is 0 Å². The van der Waals surface area contributed by atoms with E-state index in [0.717, 1.165) is 0 Å². The molecule has 0 fully saturated rings. The molecule has 1 heterocycles. The summed E-state index contributed by atoms with van der Waals surface area (Å²) in [6.07, 6.45) is -1.26. The Labute approximate surface area is 109 Å². The van der Waals surface area contributed by atoms with E-state index in [1.807, 2.05) is 0 Å². The lowest BCUT2D eigenvalue weighted by molar-refractivity contribution is 0.0939. The molecule has 0 amide bonds. The van der Waals surface area contributed by atoms with Crippen LogP contribution < -0.4 is 5.73 Å². The standard InChI is InChI=1S/C12H12F2N2O.ClH/c1-7(17)16-6-9(11(15)12(13)14)8-4-2-3-5-10(8)16;/h2-6,11-12H,15H2,1H3;1H/t11-;/m1./s1. The fraction of sp³-hybridized carbons (Fsp3) is 0.250. The van der Waals surface area contributed by atoms with Crippen molar-refractivity contribution in [1.29, 1.82) is 0 Å². The van der Waals surface area contributed by atoms with Gasteiger partial charge >= 0.3 is 0 Å². The molecule has 0 saturated carbocycles. The smallest absolute Gasteiger partial charge is 0.257 e. The van der Waals surface area contributed by atoms with E-state index in [1.165, 1.54) is 17.7 Å². The third-order valence-corrected chi connectivity index (χ3v) is 2.71. The molecule has 1 aromatic heterocycles. The predicted molar refractivity (Wildman–Crippen MR) is 68.4 cm³/mol. The lowest BCUT2D eigenvalue weighted by Gasteiger charge is -2.08. The molecule has 1 atom stereocenters. The minimum absolute atomic E-state index is 0. The van der Waals surface area contributed by atoms with Gasteiger partial charge in [0.25, 0.3) is 6.43 Å². The average molecular weight is 275 g/mol. The zero-order valence-corrected chi connectivity index (χ0v) is 10.5. The highest BCUT2D eigenvalue weighted by molar-refractivity contribution is 5.93.